The van der Waals surface area contributed by atoms with E-state index in [1.165, 1.54) is 11.8 Å². The molecule has 0 spiro atoms. The fourth-order valence-electron chi connectivity index (χ4n) is 1.84. The molecule has 0 radical (unpaired) electrons. The Kier molecular flexibility index (Phi) is 7.02. The van der Waals surface area contributed by atoms with E-state index in [0.29, 0.717) is 13.0 Å². The topological polar surface area (TPSA) is 55.4 Å². The van der Waals surface area contributed by atoms with Gasteiger partial charge in [0.1, 0.15) is 15.6 Å². The van der Waals surface area contributed by atoms with Crippen LogP contribution in [0.15, 0.2) is 24.3 Å². The third-order valence-corrected chi connectivity index (χ3v) is 4.03. The van der Waals surface area contributed by atoms with E-state index in [2.05, 4.69) is 19.2 Å². The molecule has 0 saturated carbocycles. The highest BCUT2D eigenvalue weighted by molar-refractivity contribution is 7.90. The Labute approximate surface area is 122 Å². The molecule has 0 aliphatic heterocycles. The summed E-state index contributed by atoms with van der Waals surface area (Å²) in [7, 11) is -2.86. The van der Waals surface area contributed by atoms with E-state index >= 15 is 0 Å². The smallest absolute Gasteiger partial charge is 0.147 e. The van der Waals surface area contributed by atoms with Crippen LogP contribution in [0.2, 0.25) is 0 Å². The van der Waals surface area contributed by atoms with Crippen LogP contribution in [0.25, 0.3) is 0 Å². The first-order valence-corrected chi connectivity index (χ1v) is 9.12. The van der Waals surface area contributed by atoms with Gasteiger partial charge in [0.15, 0.2) is 0 Å². The van der Waals surface area contributed by atoms with Gasteiger partial charge in [0.2, 0.25) is 0 Å². The molecule has 20 heavy (non-hydrogen) atoms. The first-order valence-electron chi connectivity index (χ1n) is 7.06. The van der Waals surface area contributed by atoms with Gasteiger partial charge in [-0.05, 0) is 44.0 Å². The summed E-state index contributed by atoms with van der Waals surface area (Å²) in [6, 6.07) is 8.23. The highest BCUT2D eigenvalue weighted by Crippen LogP contribution is 2.17. The largest absolute Gasteiger partial charge is 0.494 e. The van der Waals surface area contributed by atoms with Crippen LogP contribution in [0.5, 0.6) is 5.75 Å². The zero-order valence-electron chi connectivity index (χ0n) is 12.6. The Balaban J connectivity index is 2.37. The molecule has 0 amide bonds. The summed E-state index contributed by atoms with van der Waals surface area (Å²) in [6.45, 7) is 5.58. The van der Waals surface area contributed by atoms with Crippen LogP contribution in [-0.4, -0.2) is 33.6 Å². The van der Waals surface area contributed by atoms with Crippen molar-refractivity contribution in [3.05, 3.63) is 29.8 Å². The lowest BCUT2D eigenvalue weighted by atomic mass is 10.1. The molecule has 1 atom stereocenters. The second-order valence-electron chi connectivity index (χ2n) is 5.08. The summed E-state index contributed by atoms with van der Waals surface area (Å²) in [6.07, 6.45) is 2.91. The predicted octanol–water partition coefficient (Wildman–Crippen LogP) is 2.56. The van der Waals surface area contributed by atoms with Crippen molar-refractivity contribution >= 4 is 9.84 Å². The summed E-state index contributed by atoms with van der Waals surface area (Å²) in [5.41, 5.74) is 1.17. The van der Waals surface area contributed by atoms with Crippen molar-refractivity contribution in [1.29, 1.82) is 0 Å². The summed E-state index contributed by atoms with van der Waals surface area (Å²) in [5, 5.41) is 3.33. The van der Waals surface area contributed by atoms with Gasteiger partial charge < -0.3 is 10.1 Å². The van der Waals surface area contributed by atoms with E-state index in [9.17, 15) is 8.42 Å². The lowest BCUT2D eigenvalue weighted by molar-refractivity contribution is 0.317. The molecule has 1 aromatic carbocycles. The molecule has 0 heterocycles. The summed E-state index contributed by atoms with van der Waals surface area (Å²) in [4.78, 5) is 0. The minimum atomic E-state index is -2.86. The van der Waals surface area contributed by atoms with Crippen molar-refractivity contribution in [2.45, 2.75) is 32.7 Å². The van der Waals surface area contributed by atoms with Gasteiger partial charge in [-0.25, -0.2) is 8.42 Å². The van der Waals surface area contributed by atoms with Crippen LogP contribution in [0.1, 0.15) is 38.3 Å². The molecule has 0 aliphatic rings. The Morgan fingerprint density at radius 2 is 1.90 bits per heavy atom. The number of rotatable bonds is 9. The van der Waals surface area contributed by atoms with Crippen LogP contribution in [0.3, 0.4) is 0 Å². The second kappa shape index (κ2) is 8.27. The van der Waals surface area contributed by atoms with Crippen molar-refractivity contribution in [3.63, 3.8) is 0 Å². The zero-order chi connectivity index (χ0) is 15.0. The molecule has 1 rings (SSSR count). The van der Waals surface area contributed by atoms with E-state index in [1.807, 2.05) is 24.3 Å². The molecule has 1 N–H and O–H groups in total. The number of hydrogen-bond donors (Lipinski definition) is 1. The molecular formula is C15H25NO3S. The average molecular weight is 299 g/mol. The third-order valence-electron chi connectivity index (χ3n) is 3.00. The highest BCUT2D eigenvalue weighted by Gasteiger charge is 2.06. The number of hydrogen-bond acceptors (Lipinski definition) is 4. The lowest BCUT2D eigenvalue weighted by Gasteiger charge is -2.14. The Morgan fingerprint density at radius 3 is 2.45 bits per heavy atom. The lowest BCUT2D eigenvalue weighted by Crippen LogP contribution is -2.21. The van der Waals surface area contributed by atoms with E-state index in [0.717, 1.165) is 18.8 Å². The van der Waals surface area contributed by atoms with Crippen molar-refractivity contribution in [2.24, 2.45) is 0 Å². The van der Waals surface area contributed by atoms with Crippen molar-refractivity contribution in [1.82, 2.24) is 5.32 Å². The SMILES string of the molecule is CCCOc1ccc(C(C)NCCCS(C)(=O)=O)cc1. The molecule has 1 aromatic rings. The number of sulfone groups is 1. The minimum absolute atomic E-state index is 0.204. The van der Waals surface area contributed by atoms with Gasteiger partial charge in [-0.1, -0.05) is 19.1 Å². The molecular weight excluding hydrogens is 274 g/mol. The number of nitrogens with one attached hydrogen (secondary N) is 1. The monoisotopic (exact) mass is 299 g/mol. The van der Waals surface area contributed by atoms with Gasteiger partial charge in [-0.2, -0.15) is 0 Å². The first-order chi connectivity index (χ1) is 9.42. The van der Waals surface area contributed by atoms with E-state index < -0.39 is 9.84 Å². The van der Waals surface area contributed by atoms with Crippen LogP contribution < -0.4 is 10.1 Å². The maximum atomic E-state index is 11.0. The first kappa shape index (κ1) is 17.0. The molecule has 1 unspecified atom stereocenters. The van der Waals surface area contributed by atoms with Gasteiger partial charge in [0.05, 0.1) is 12.4 Å². The van der Waals surface area contributed by atoms with E-state index in [-0.39, 0.29) is 11.8 Å². The molecule has 5 heteroatoms. The van der Waals surface area contributed by atoms with Crippen LogP contribution in [-0.2, 0) is 9.84 Å². The highest BCUT2D eigenvalue weighted by atomic mass is 32.2. The molecule has 0 aromatic heterocycles. The number of benzene rings is 1. The third kappa shape index (κ3) is 6.91. The van der Waals surface area contributed by atoms with Crippen LogP contribution in [0.4, 0.5) is 0 Å². The van der Waals surface area contributed by atoms with E-state index in [1.54, 1.807) is 0 Å². The van der Waals surface area contributed by atoms with Gasteiger partial charge >= 0.3 is 0 Å². The maximum Gasteiger partial charge on any atom is 0.147 e. The van der Waals surface area contributed by atoms with Crippen LogP contribution >= 0.6 is 0 Å². The molecule has 4 nitrogen and oxygen atoms in total. The second-order valence-corrected chi connectivity index (χ2v) is 7.34. The fourth-order valence-corrected chi connectivity index (χ4v) is 2.51. The molecule has 0 aliphatic carbocycles. The molecule has 0 saturated heterocycles. The number of ether oxygens (including phenoxy) is 1. The molecule has 0 bridgehead atoms. The summed E-state index contributed by atoms with van der Waals surface area (Å²) >= 11 is 0. The fraction of sp³-hybridized carbons (Fsp3) is 0.600. The normalized spacial score (nSPS) is 13.2. The maximum absolute atomic E-state index is 11.0. The quantitative estimate of drug-likeness (QED) is 0.712. The van der Waals surface area contributed by atoms with Gasteiger partial charge in [0, 0.05) is 12.3 Å². The van der Waals surface area contributed by atoms with Gasteiger partial charge in [-0.15, -0.1) is 0 Å². The summed E-state index contributed by atoms with van der Waals surface area (Å²) < 4.78 is 27.6. The van der Waals surface area contributed by atoms with Crippen molar-refractivity contribution in [2.75, 3.05) is 25.2 Å². The van der Waals surface area contributed by atoms with Crippen LogP contribution in [0, 0.1) is 0 Å². The Morgan fingerprint density at radius 1 is 1.25 bits per heavy atom. The van der Waals surface area contributed by atoms with Gasteiger partial charge in [-0.3, -0.25) is 0 Å². The molecule has 0 fully saturated rings. The Hall–Kier alpha value is -1.07. The van der Waals surface area contributed by atoms with Crippen molar-refractivity contribution < 1.29 is 13.2 Å². The van der Waals surface area contributed by atoms with Gasteiger partial charge in [0.25, 0.3) is 0 Å². The van der Waals surface area contributed by atoms with Crippen molar-refractivity contribution in [3.8, 4) is 5.75 Å². The Bertz CT molecular complexity index is 482. The minimum Gasteiger partial charge on any atom is -0.494 e. The summed E-state index contributed by atoms with van der Waals surface area (Å²) in [5.74, 6) is 1.12. The predicted molar refractivity (Wildman–Crippen MR) is 83.0 cm³/mol. The average Bonchev–Trinajstić information content (AvgIpc) is 2.40. The molecule has 114 valence electrons. The van der Waals surface area contributed by atoms with E-state index in [4.69, 9.17) is 4.74 Å². The standard InChI is InChI=1S/C15H25NO3S/c1-4-11-19-15-8-6-14(7-9-15)13(2)16-10-5-12-20(3,17)18/h6-9,13,16H,4-5,10-12H2,1-3H3. The zero-order valence-corrected chi connectivity index (χ0v) is 13.4.